The number of aromatic nitrogens is 1. The van der Waals surface area contributed by atoms with Crippen LogP contribution in [0.3, 0.4) is 0 Å². The first-order chi connectivity index (χ1) is 12.2. The van der Waals surface area contributed by atoms with Crippen molar-refractivity contribution in [1.82, 2.24) is 15.2 Å². The first-order valence-electron chi connectivity index (χ1n) is 8.43. The van der Waals surface area contributed by atoms with Crippen LogP contribution in [0.25, 0.3) is 10.9 Å². The summed E-state index contributed by atoms with van der Waals surface area (Å²) in [4.78, 5) is 29.4. The van der Waals surface area contributed by atoms with E-state index in [0.29, 0.717) is 19.4 Å². The fourth-order valence-corrected chi connectivity index (χ4v) is 3.33. The van der Waals surface area contributed by atoms with Gasteiger partial charge in [-0.2, -0.15) is 0 Å². The maximum absolute atomic E-state index is 12.6. The SMILES string of the molecule is O=C1NC(Cc2c[nH]c3ccccc23)C(=O)N1CCc1ccccc1. The number of H-pyrrole nitrogens is 1. The monoisotopic (exact) mass is 333 g/mol. The largest absolute Gasteiger partial charge is 0.361 e. The fraction of sp³-hybridized carbons (Fsp3) is 0.200. The third-order valence-electron chi connectivity index (χ3n) is 4.67. The Morgan fingerprint density at radius 2 is 1.72 bits per heavy atom. The molecule has 0 spiro atoms. The second-order valence-electron chi connectivity index (χ2n) is 6.29. The summed E-state index contributed by atoms with van der Waals surface area (Å²) in [7, 11) is 0. The number of urea groups is 1. The molecule has 1 atom stereocenters. The van der Waals surface area contributed by atoms with Crippen LogP contribution in [-0.4, -0.2) is 34.4 Å². The standard InChI is InChI=1S/C20H19N3O2/c24-19-18(12-15-13-21-17-9-5-4-8-16(15)17)22-20(25)23(19)11-10-14-6-2-1-3-7-14/h1-9,13,18,21H,10-12H2,(H,22,25). The van der Waals surface area contributed by atoms with Crippen LogP contribution < -0.4 is 5.32 Å². The van der Waals surface area contributed by atoms with Crippen LogP contribution in [-0.2, 0) is 17.6 Å². The Morgan fingerprint density at radius 3 is 2.56 bits per heavy atom. The summed E-state index contributed by atoms with van der Waals surface area (Å²) in [6.07, 6.45) is 3.08. The molecule has 4 rings (SSSR count). The molecule has 1 unspecified atom stereocenters. The van der Waals surface area contributed by atoms with Gasteiger partial charge in [-0.15, -0.1) is 0 Å². The van der Waals surface area contributed by atoms with E-state index in [2.05, 4.69) is 10.3 Å². The lowest BCUT2D eigenvalue weighted by molar-refractivity contribution is -0.127. The first-order valence-corrected chi connectivity index (χ1v) is 8.43. The highest BCUT2D eigenvalue weighted by atomic mass is 16.2. The highest BCUT2D eigenvalue weighted by Crippen LogP contribution is 2.21. The summed E-state index contributed by atoms with van der Waals surface area (Å²) >= 11 is 0. The van der Waals surface area contributed by atoms with Crippen molar-refractivity contribution in [2.75, 3.05) is 6.54 Å². The number of hydrogen-bond acceptors (Lipinski definition) is 2. The average Bonchev–Trinajstić information content (AvgIpc) is 3.16. The van der Waals surface area contributed by atoms with Crippen LogP contribution in [0.4, 0.5) is 4.79 Å². The molecule has 5 heteroatoms. The maximum atomic E-state index is 12.6. The predicted octanol–water partition coefficient (Wildman–Crippen LogP) is 2.87. The van der Waals surface area contributed by atoms with E-state index < -0.39 is 6.04 Å². The number of hydrogen-bond donors (Lipinski definition) is 2. The van der Waals surface area contributed by atoms with Crippen LogP contribution in [0, 0.1) is 0 Å². The maximum Gasteiger partial charge on any atom is 0.324 e. The van der Waals surface area contributed by atoms with E-state index in [-0.39, 0.29) is 11.9 Å². The molecule has 2 N–H and O–H groups in total. The average molecular weight is 333 g/mol. The van der Waals surface area contributed by atoms with Gasteiger partial charge < -0.3 is 10.3 Å². The van der Waals surface area contributed by atoms with Crippen molar-refractivity contribution in [3.8, 4) is 0 Å². The van der Waals surface area contributed by atoms with Crippen molar-refractivity contribution in [1.29, 1.82) is 0 Å². The second-order valence-corrected chi connectivity index (χ2v) is 6.29. The quantitative estimate of drug-likeness (QED) is 0.705. The van der Waals surface area contributed by atoms with Gasteiger partial charge in [-0.05, 0) is 23.6 Å². The number of carbonyl (C=O) groups excluding carboxylic acids is 2. The molecule has 0 bridgehead atoms. The van der Waals surface area contributed by atoms with E-state index in [1.54, 1.807) is 0 Å². The van der Waals surface area contributed by atoms with E-state index >= 15 is 0 Å². The Kier molecular flexibility index (Phi) is 3.98. The van der Waals surface area contributed by atoms with E-state index in [4.69, 9.17) is 0 Å². The summed E-state index contributed by atoms with van der Waals surface area (Å²) in [5.41, 5.74) is 3.19. The second kappa shape index (κ2) is 6.43. The number of fused-ring (bicyclic) bond motifs is 1. The van der Waals surface area contributed by atoms with E-state index in [1.807, 2.05) is 60.8 Å². The zero-order valence-electron chi connectivity index (χ0n) is 13.7. The highest BCUT2D eigenvalue weighted by Gasteiger charge is 2.37. The number of amides is 3. The van der Waals surface area contributed by atoms with Crippen molar-refractivity contribution in [2.45, 2.75) is 18.9 Å². The lowest BCUT2D eigenvalue weighted by atomic mass is 10.0. The topological polar surface area (TPSA) is 65.2 Å². The smallest absolute Gasteiger partial charge is 0.324 e. The van der Waals surface area contributed by atoms with Crippen molar-refractivity contribution in [2.24, 2.45) is 0 Å². The molecule has 2 aromatic carbocycles. The minimum absolute atomic E-state index is 0.147. The van der Waals surface area contributed by atoms with Crippen molar-refractivity contribution in [3.05, 3.63) is 71.9 Å². The Morgan fingerprint density at radius 1 is 0.960 bits per heavy atom. The molecule has 1 aliphatic heterocycles. The highest BCUT2D eigenvalue weighted by molar-refractivity contribution is 6.04. The van der Waals surface area contributed by atoms with E-state index in [0.717, 1.165) is 22.0 Å². The van der Waals surface area contributed by atoms with Crippen LogP contribution in [0.15, 0.2) is 60.8 Å². The molecule has 1 saturated heterocycles. The Balaban J connectivity index is 1.45. The normalized spacial score (nSPS) is 17.3. The molecule has 3 aromatic rings. The third kappa shape index (κ3) is 3.01. The predicted molar refractivity (Wildman–Crippen MR) is 96.2 cm³/mol. The lowest BCUT2D eigenvalue weighted by Gasteiger charge is -2.13. The summed E-state index contributed by atoms with van der Waals surface area (Å²) < 4.78 is 0. The molecular weight excluding hydrogens is 314 g/mol. The summed E-state index contributed by atoms with van der Waals surface area (Å²) in [6.45, 7) is 0.402. The van der Waals surface area contributed by atoms with E-state index in [9.17, 15) is 9.59 Å². The fourth-order valence-electron chi connectivity index (χ4n) is 3.33. The van der Waals surface area contributed by atoms with Gasteiger partial charge in [0.25, 0.3) is 5.91 Å². The third-order valence-corrected chi connectivity index (χ3v) is 4.67. The Bertz CT molecular complexity index is 917. The molecule has 1 fully saturated rings. The molecular formula is C20H19N3O2. The zero-order chi connectivity index (χ0) is 17.2. The molecule has 5 nitrogen and oxygen atoms in total. The Hall–Kier alpha value is -3.08. The molecule has 3 amide bonds. The minimum Gasteiger partial charge on any atom is -0.361 e. The number of nitrogens with zero attached hydrogens (tertiary/aromatic N) is 1. The van der Waals surface area contributed by atoms with Crippen molar-refractivity contribution < 1.29 is 9.59 Å². The lowest BCUT2D eigenvalue weighted by Crippen LogP contribution is -2.33. The zero-order valence-corrected chi connectivity index (χ0v) is 13.7. The number of carbonyl (C=O) groups is 2. The van der Waals surface area contributed by atoms with Gasteiger partial charge in [-0.3, -0.25) is 9.69 Å². The van der Waals surface area contributed by atoms with Crippen LogP contribution in [0.1, 0.15) is 11.1 Å². The molecule has 0 radical (unpaired) electrons. The van der Waals surface area contributed by atoms with Gasteiger partial charge in [0.15, 0.2) is 0 Å². The number of nitrogens with one attached hydrogen (secondary N) is 2. The molecule has 25 heavy (non-hydrogen) atoms. The van der Waals surface area contributed by atoms with E-state index in [1.165, 1.54) is 4.90 Å². The van der Waals surface area contributed by atoms with Crippen molar-refractivity contribution in [3.63, 3.8) is 0 Å². The van der Waals surface area contributed by atoms with Gasteiger partial charge in [0.05, 0.1) is 0 Å². The number of imide groups is 1. The first kappa shape index (κ1) is 15.4. The van der Waals surface area contributed by atoms with Crippen LogP contribution in [0.5, 0.6) is 0 Å². The summed E-state index contributed by atoms with van der Waals surface area (Å²) in [5.74, 6) is -0.147. The number of para-hydroxylation sites is 1. The molecule has 2 heterocycles. The van der Waals surface area contributed by atoms with Gasteiger partial charge >= 0.3 is 6.03 Å². The van der Waals surface area contributed by atoms with Gasteiger partial charge in [0, 0.05) is 30.1 Å². The van der Waals surface area contributed by atoms with Crippen molar-refractivity contribution >= 4 is 22.8 Å². The summed E-state index contributed by atoms with van der Waals surface area (Å²) in [6, 6.07) is 17.0. The summed E-state index contributed by atoms with van der Waals surface area (Å²) in [5, 5.41) is 3.91. The number of benzene rings is 2. The molecule has 0 saturated carbocycles. The molecule has 1 aliphatic rings. The van der Waals surface area contributed by atoms with Crippen LogP contribution >= 0.6 is 0 Å². The number of aromatic amines is 1. The molecule has 1 aromatic heterocycles. The van der Waals surface area contributed by atoms with Gasteiger partial charge in [0.1, 0.15) is 6.04 Å². The van der Waals surface area contributed by atoms with Gasteiger partial charge in [-0.25, -0.2) is 4.79 Å². The minimum atomic E-state index is -0.498. The van der Waals surface area contributed by atoms with Gasteiger partial charge in [0.2, 0.25) is 0 Å². The van der Waals surface area contributed by atoms with Gasteiger partial charge in [-0.1, -0.05) is 48.5 Å². The molecule has 0 aliphatic carbocycles. The Labute approximate surface area is 145 Å². The molecule has 126 valence electrons. The van der Waals surface area contributed by atoms with Crippen LogP contribution in [0.2, 0.25) is 0 Å². The number of rotatable bonds is 5.